The van der Waals surface area contributed by atoms with Crippen LogP contribution in [0.2, 0.25) is 0 Å². The Kier molecular flexibility index (Phi) is 5.79. The molecule has 0 aliphatic carbocycles. The number of rotatable bonds is 3. The molecule has 1 rings (SSSR count). The lowest BCUT2D eigenvalue weighted by Gasteiger charge is -2.21. The van der Waals surface area contributed by atoms with Crippen molar-refractivity contribution in [3.63, 3.8) is 0 Å². The summed E-state index contributed by atoms with van der Waals surface area (Å²) in [7, 11) is 0. The van der Waals surface area contributed by atoms with Gasteiger partial charge in [-0.1, -0.05) is 6.07 Å². The zero-order valence-electron chi connectivity index (χ0n) is 12.1. The molecule has 5 nitrogen and oxygen atoms in total. The molecule has 0 bridgehead atoms. The number of halogens is 1. The average molecular weight is 389 g/mol. The predicted octanol–water partition coefficient (Wildman–Crippen LogP) is 2.72. The minimum Gasteiger partial charge on any atom is -0.374 e. The lowest BCUT2D eigenvalue weighted by atomic mass is 10.1. The first-order chi connectivity index (χ1) is 9.17. The standard InChI is InChI=1S/C14H20IN3O2/c1-9(16-11-7-5-6-10(15)8-11)12(19)17-13(20)18-14(2,3)4/h5-9,16H,1-4H3,(H2,17,18,19,20). The summed E-state index contributed by atoms with van der Waals surface area (Å²) >= 11 is 2.20. The minimum absolute atomic E-state index is 0.370. The molecule has 1 unspecified atom stereocenters. The molecule has 0 aliphatic heterocycles. The van der Waals surface area contributed by atoms with E-state index in [1.54, 1.807) is 6.92 Å². The van der Waals surface area contributed by atoms with E-state index in [-0.39, 0.29) is 11.4 Å². The Bertz CT molecular complexity index is 497. The second-order valence-electron chi connectivity index (χ2n) is 5.57. The molecule has 3 amide bonds. The van der Waals surface area contributed by atoms with Gasteiger partial charge in [0.15, 0.2) is 0 Å². The van der Waals surface area contributed by atoms with Crippen LogP contribution in [0.4, 0.5) is 10.5 Å². The van der Waals surface area contributed by atoms with Gasteiger partial charge in [0.25, 0.3) is 0 Å². The summed E-state index contributed by atoms with van der Waals surface area (Å²) in [4.78, 5) is 23.5. The Morgan fingerprint density at radius 2 is 1.90 bits per heavy atom. The molecule has 1 atom stereocenters. The molecule has 0 saturated heterocycles. The fraction of sp³-hybridized carbons (Fsp3) is 0.429. The van der Waals surface area contributed by atoms with E-state index in [9.17, 15) is 9.59 Å². The largest absolute Gasteiger partial charge is 0.374 e. The first kappa shape index (κ1) is 16.7. The van der Waals surface area contributed by atoms with E-state index >= 15 is 0 Å². The van der Waals surface area contributed by atoms with E-state index in [0.29, 0.717) is 0 Å². The smallest absolute Gasteiger partial charge is 0.321 e. The molecule has 0 spiro atoms. The van der Waals surface area contributed by atoms with E-state index in [2.05, 4.69) is 38.5 Å². The van der Waals surface area contributed by atoms with E-state index in [1.165, 1.54) is 0 Å². The Morgan fingerprint density at radius 3 is 2.45 bits per heavy atom. The normalized spacial score (nSPS) is 12.4. The lowest BCUT2D eigenvalue weighted by Crippen LogP contribution is -2.51. The number of benzene rings is 1. The Hall–Kier alpha value is -1.31. The number of urea groups is 1. The van der Waals surface area contributed by atoms with Gasteiger partial charge in [0.05, 0.1) is 0 Å². The number of imide groups is 1. The van der Waals surface area contributed by atoms with Crippen LogP contribution in [-0.2, 0) is 4.79 Å². The first-order valence-corrected chi connectivity index (χ1v) is 7.40. The number of carbonyl (C=O) groups is 2. The highest BCUT2D eigenvalue weighted by Gasteiger charge is 2.19. The van der Waals surface area contributed by atoms with E-state index in [4.69, 9.17) is 0 Å². The van der Waals surface area contributed by atoms with Gasteiger partial charge in [0.1, 0.15) is 6.04 Å². The van der Waals surface area contributed by atoms with Crippen LogP contribution in [-0.4, -0.2) is 23.5 Å². The molecule has 0 aliphatic rings. The summed E-state index contributed by atoms with van der Waals surface area (Å²) in [5.41, 5.74) is 0.465. The van der Waals surface area contributed by atoms with Crippen LogP contribution >= 0.6 is 22.6 Å². The van der Waals surface area contributed by atoms with Crippen molar-refractivity contribution >= 4 is 40.2 Å². The number of nitrogens with one attached hydrogen (secondary N) is 3. The molecule has 1 aromatic carbocycles. The van der Waals surface area contributed by atoms with Gasteiger partial charge in [-0.15, -0.1) is 0 Å². The third kappa shape index (κ3) is 6.23. The van der Waals surface area contributed by atoms with Crippen LogP contribution in [0.25, 0.3) is 0 Å². The number of anilines is 1. The summed E-state index contributed by atoms with van der Waals surface area (Å²) in [5.74, 6) is -0.370. The highest BCUT2D eigenvalue weighted by Crippen LogP contribution is 2.13. The van der Waals surface area contributed by atoms with Crippen molar-refractivity contribution in [1.82, 2.24) is 10.6 Å². The van der Waals surface area contributed by atoms with Gasteiger partial charge in [-0.05, 0) is 68.5 Å². The third-order valence-electron chi connectivity index (χ3n) is 2.33. The van der Waals surface area contributed by atoms with Crippen LogP contribution in [0.3, 0.4) is 0 Å². The summed E-state index contributed by atoms with van der Waals surface area (Å²) in [6, 6.07) is 6.69. The monoisotopic (exact) mass is 389 g/mol. The lowest BCUT2D eigenvalue weighted by molar-refractivity contribution is -0.120. The van der Waals surface area contributed by atoms with Crippen molar-refractivity contribution in [3.8, 4) is 0 Å². The summed E-state index contributed by atoms with van der Waals surface area (Å²) < 4.78 is 1.07. The fourth-order valence-electron chi connectivity index (χ4n) is 1.49. The van der Waals surface area contributed by atoms with E-state index < -0.39 is 12.1 Å². The molecule has 0 fully saturated rings. The SMILES string of the molecule is CC(Nc1cccc(I)c1)C(=O)NC(=O)NC(C)(C)C. The van der Waals surface area contributed by atoms with Gasteiger partial charge >= 0.3 is 6.03 Å². The van der Waals surface area contributed by atoms with Gasteiger partial charge < -0.3 is 10.6 Å². The Labute approximate surface area is 133 Å². The molecule has 0 saturated carbocycles. The van der Waals surface area contributed by atoms with Gasteiger partial charge in [-0.2, -0.15) is 0 Å². The molecule has 110 valence electrons. The van der Waals surface area contributed by atoms with E-state index in [0.717, 1.165) is 9.26 Å². The van der Waals surface area contributed by atoms with Gasteiger partial charge in [-0.25, -0.2) is 4.79 Å². The highest BCUT2D eigenvalue weighted by atomic mass is 127. The molecule has 0 aromatic heterocycles. The molecule has 0 radical (unpaired) electrons. The Balaban J connectivity index is 2.53. The van der Waals surface area contributed by atoms with Crippen molar-refractivity contribution < 1.29 is 9.59 Å². The fourth-order valence-corrected chi connectivity index (χ4v) is 2.03. The van der Waals surface area contributed by atoms with Crippen LogP contribution in [0.1, 0.15) is 27.7 Å². The number of hydrogen-bond donors (Lipinski definition) is 3. The number of carbonyl (C=O) groups excluding carboxylic acids is 2. The van der Waals surface area contributed by atoms with Crippen LogP contribution in [0.15, 0.2) is 24.3 Å². The van der Waals surface area contributed by atoms with Crippen molar-refractivity contribution in [1.29, 1.82) is 0 Å². The van der Waals surface area contributed by atoms with Gasteiger partial charge in [-0.3, -0.25) is 10.1 Å². The second kappa shape index (κ2) is 6.92. The molecule has 20 heavy (non-hydrogen) atoms. The number of hydrogen-bond acceptors (Lipinski definition) is 3. The van der Waals surface area contributed by atoms with Crippen LogP contribution in [0.5, 0.6) is 0 Å². The first-order valence-electron chi connectivity index (χ1n) is 6.32. The van der Waals surface area contributed by atoms with Gasteiger partial charge in [0.2, 0.25) is 5.91 Å². The highest BCUT2D eigenvalue weighted by molar-refractivity contribution is 14.1. The average Bonchev–Trinajstić information content (AvgIpc) is 2.25. The molecule has 3 N–H and O–H groups in total. The third-order valence-corrected chi connectivity index (χ3v) is 3.00. The number of amides is 3. The molecular weight excluding hydrogens is 369 g/mol. The van der Waals surface area contributed by atoms with Crippen molar-refractivity contribution in [2.45, 2.75) is 39.3 Å². The summed E-state index contributed by atoms with van der Waals surface area (Å²) in [5, 5.41) is 8.05. The summed E-state index contributed by atoms with van der Waals surface area (Å²) in [6.07, 6.45) is 0. The zero-order valence-corrected chi connectivity index (χ0v) is 14.2. The molecule has 0 heterocycles. The van der Waals surface area contributed by atoms with Crippen LogP contribution < -0.4 is 16.0 Å². The predicted molar refractivity (Wildman–Crippen MR) is 88.7 cm³/mol. The molecule has 6 heteroatoms. The Morgan fingerprint density at radius 1 is 1.25 bits per heavy atom. The maximum Gasteiger partial charge on any atom is 0.321 e. The quantitative estimate of drug-likeness (QED) is 0.697. The van der Waals surface area contributed by atoms with Crippen LogP contribution in [0, 0.1) is 3.57 Å². The minimum atomic E-state index is -0.501. The van der Waals surface area contributed by atoms with Crippen molar-refractivity contribution in [2.75, 3.05) is 5.32 Å². The summed E-state index contributed by atoms with van der Waals surface area (Å²) in [6.45, 7) is 7.26. The van der Waals surface area contributed by atoms with Crippen molar-refractivity contribution in [3.05, 3.63) is 27.8 Å². The second-order valence-corrected chi connectivity index (χ2v) is 6.82. The van der Waals surface area contributed by atoms with Crippen molar-refractivity contribution in [2.24, 2.45) is 0 Å². The topological polar surface area (TPSA) is 70.2 Å². The maximum atomic E-state index is 11.9. The zero-order chi connectivity index (χ0) is 15.3. The molecular formula is C14H20IN3O2. The van der Waals surface area contributed by atoms with E-state index in [1.807, 2.05) is 45.0 Å². The molecule has 1 aromatic rings. The maximum absolute atomic E-state index is 11.9. The van der Waals surface area contributed by atoms with Gasteiger partial charge in [0, 0.05) is 14.8 Å².